The molecule has 1 atom stereocenters. The molecule has 156 valence electrons. The van der Waals surface area contributed by atoms with E-state index in [0.29, 0.717) is 17.6 Å². The summed E-state index contributed by atoms with van der Waals surface area (Å²) in [6, 6.07) is 7.91. The van der Waals surface area contributed by atoms with E-state index in [2.05, 4.69) is 20.4 Å². The monoisotopic (exact) mass is 437 g/mol. The summed E-state index contributed by atoms with van der Waals surface area (Å²) in [5.41, 5.74) is 0.566. The second kappa shape index (κ2) is 7.86. The standard InChI is InChI=1S/C19H15ClF3N5O2/c20-11-5-1-4-8-14(11)28-17(9-15(27-28)19(21,22)23)30-10-16(29)26-18-24-12-6-2-3-7-13(12)25-18/h1-4,6-9,11H,5,10H2,(H2,24,25,26,29). The van der Waals surface area contributed by atoms with Crippen molar-refractivity contribution in [3.05, 3.63) is 54.3 Å². The lowest BCUT2D eigenvalue weighted by Gasteiger charge is -2.17. The normalized spacial score (nSPS) is 16.5. The van der Waals surface area contributed by atoms with E-state index in [0.717, 1.165) is 16.3 Å². The first-order valence-electron chi connectivity index (χ1n) is 8.87. The Morgan fingerprint density at radius 1 is 1.37 bits per heavy atom. The molecule has 1 aliphatic rings. The predicted octanol–water partition coefficient (Wildman–Crippen LogP) is 4.20. The number of alkyl halides is 4. The fraction of sp³-hybridized carbons (Fsp3) is 0.211. The number of rotatable bonds is 5. The molecule has 4 rings (SSSR count). The second-order valence-electron chi connectivity index (χ2n) is 6.44. The molecule has 1 aromatic carbocycles. The molecule has 7 nitrogen and oxygen atoms in total. The van der Waals surface area contributed by atoms with Gasteiger partial charge in [0.05, 0.1) is 22.1 Å². The van der Waals surface area contributed by atoms with Crippen LogP contribution in [0.4, 0.5) is 19.1 Å². The van der Waals surface area contributed by atoms with Crippen LogP contribution in [-0.4, -0.2) is 37.6 Å². The van der Waals surface area contributed by atoms with Crippen LogP contribution in [0.1, 0.15) is 12.1 Å². The Morgan fingerprint density at radius 3 is 2.90 bits per heavy atom. The summed E-state index contributed by atoms with van der Waals surface area (Å²) in [5, 5.41) is 5.51. The topological polar surface area (TPSA) is 84.8 Å². The summed E-state index contributed by atoms with van der Waals surface area (Å²) in [4.78, 5) is 19.3. The van der Waals surface area contributed by atoms with Gasteiger partial charge in [-0.05, 0) is 24.6 Å². The lowest BCUT2D eigenvalue weighted by atomic mass is 10.1. The molecular weight excluding hydrogens is 423 g/mol. The van der Waals surface area contributed by atoms with Crippen molar-refractivity contribution < 1.29 is 22.7 Å². The van der Waals surface area contributed by atoms with E-state index in [9.17, 15) is 18.0 Å². The Balaban J connectivity index is 1.51. The fourth-order valence-electron chi connectivity index (χ4n) is 2.90. The minimum Gasteiger partial charge on any atom is -0.467 e. The van der Waals surface area contributed by atoms with E-state index in [1.807, 2.05) is 6.07 Å². The zero-order valence-corrected chi connectivity index (χ0v) is 16.0. The van der Waals surface area contributed by atoms with Crippen molar-refractivity contribution in [1.82, 2.24) is 19.7 Å². The molecule has 2 aromatic heterocycles. The lowest BCUT2D eigenvalue weighted by molar-refractivity contribution is -0.141. The number of hydrogen-bond donors (Lipinski definition) is 2. The summed E-state index contributed by atoms with van der Waals surface area (Å²) >= 11 is 6.21. The molecule has 2 N–H and O–H groups in total. The van der Waals surface area contributed by atoms with E-state index in [4.69, 9.17) is 16.3 Å². The fourth-order valence-corrected chi connectivity index (χ4v) is 3.17. The van der Waals surface area contributed by atoms with Crippen LogP contribution in [0.2, 0.25) is 0 Å². The molecule has 0 saturated carbocycles. The molecule has 0 fully saturated rings. The third-order valence-corrected chi connectivity index (χ3v) is 4.68. The van der Waals surface area contributed by atoms with Crippen LogP contribution in [0.5, 0.6) is 5.88 Å². The molecule has 0 aliphatic heterocycles. The van der Waals surface area contributed by atoms with E-state index < -0.39 is 29.8 Å². The number of para-hydroxylation sites is 2. The largest absolute Gasteiger partial charge is 0.467 e. The third kappa shape index (κ3) is 4.18. The number of anilines is 1. The van der Waals surface area contributed by atoms with Gasteiger partial charge in [-0.1, -0.05) is 24.3 Å². The number of allylic oxidation sites excluding steroid dienone is 4. The van der Waals surface area contributed by atoms with Gasteiger partial charge >= 0.3 is 6.18 Å². The maximum Gasteiger partial charge on any atom is 0.435 e. The smallest absolute Gasteiger partial charge is 0.435 e. The van der Waals surface area contributed by atoms with Crippen molar-refractivity contribution in [2.75, 3.05) is 11.9 Å². The molecule has 1 unspecified atom stereocenters. The maximum absolute atomic E-state index is 13.1. The molecule has 11 heteroatoms. The van der Waals surface area contributed by atoms with Crippen molar-refractivity contribution in [2.45, 2.75) is 18.0 Å². The SMILES string of the molecule is O=C(COc1cc(C(F)(F)F)nn1C1=CC=CCC1Cl)Nc1nc2ccccc2[nH]1. The van der Waals surface area contributed by atoms with Gasteiger partial charge in [-0.2, -0.15) is 18.3 Å². The molecule has 0 saturated heterocycles. The number of benzene rings is 1. The Kier molecular flexibility index (Phi) is 5.25. The third-order valence-electron chi connectivity index (χ3n) is 4.28. The highest BCUT2D eigenvalue weighted by atomic mass is 35.5. The number of imidazole rings is 1. The molecule has 0 spiro atoms. The van der Waals surface area contributed by atoms with E-state index in [1.165, 1.54) is 0 Å². The zero-order chi connectivity index (χ0) is 21.3. The van der Waals surface area contributed by atoms with Gasteiger partial charge in [0.25, 0.3) is 5.91 Å². The number of carbonyl (C=O) groups excluding carboxylic acids is 1. The van der Waals surface area contributed by atoms with E-state index >= 15 is 0 Å². The second-order valence-corrected chi connectivity index (χ2v) is 6.97. The summed E-state index contributed by atoms with van der Waals surface area (Å²) in [6.45, 7) is -0.546. The molecular formula is C19H15ClF3N5O2. The van der Waals surface area contributed by atoms with Crippen LogP contribution in [0.15, 0.2) is 48.6 Å². The number of aromatic nitrogens is 4. The number of hydrogen-bond acceptors (Lipinski definition) is 4. The average molecular weight is 438 g/mol. The molecule has 3 aromatic rings. The zero-order valence-electron chi connectivity index (χ0n) is 15.3. The van der Waals surface area contributed by atoms with Crippen LogP contribution < -0.4 is 10.1 Å². The minimum absolute atomic E-state index is 0.204. The van der Waals surface area contributed by atoms with Gasteiger partial charge in [0.2, 0.25) is 11.8 Å². The molecule has 0 bridgehead atoms. The van der Waals surface area contributed by atoms with Gasteiger partial charge in [0, 0.05) is 6.07 Å². The highest BCUT2D eigenvalue weighted by molar-refractivity contribution is 6.25. The van der Waals surface area contributed by atoms with Crippen molar-refractivity contribution in [2.24, 2.45) is 0 Å². The first-order valence-corrected chi connectivity index (χ1v) is 9.31. The predicted molar refractivity (Wildman–Crippen MR) is 105 cm³/mol. The lowest BCUT2D eigenvalue weighted by Crippen LogP contribution is -2.22. The summed E-state index contributed by atoms with van der Waals surface area (Å²) in [6.07, 6.45) is 0.765. The van der Waals surface area contributed by atoms with Crippen LogP contribution in [0, 0.1) is 0 Å². The highest BCUT2D eigenvalue weighted by Gasteiger charge is 2.36. The molecule has 0 radical (unpaired) electrons. The Bertz CT molecular complexity index is 1120. The quantitative estimate of drug-likeness (QED) is 0.586. The number of ether oxygens (including phenoxy) is 1. The average Bonchev–Trinajstić information content (AvgIpc) is 3.30. The number of amides is 1. The van der Waals surface area contributed by atoms with Gasteiger partial charge in [-0.15, -0.1) is 11.6 Å². The number of aromatic amines is 1. The van der Waals surface area contributed by atoms with E-state index in [1.54, 1.807) is 36.4 Å². The van der Waals surface area contributed by atoms with Crippen LogP contribution in [-0.2, 0) is 11.0 Å². The summed E-state index contributed by atoms with van der Waals surface area (Å²) in [7, 11) is 0. The van der Waals surface area contributed by atoms with Gasteiger partial charge in [-0.3, -0.25) is 10.1 Å². The van der Waals surface area contributed by atoms with Gasteiger partial charge in [0.1, 0.15) is 0 Å². The maximum atomic E-state index is 13.1. The molecule has 2 heterocycles. The Morgan fingerprint density at radius 2 is 2.17 bits per heavy atom. The Hall–Kier alpha value is -3.27. The Labute approximate surface area is 173 Å². The van der Waals surface area contributed by atoms with Crippen LogP contribution >= 0.6 is 11.6 Å². The minimum atomic E-state index is -4.67. The van der Waals surface area contributed by atoms with Crippen molar-refractivity contribution in [3.8, 4) is 5.88 Å². The number of H-pyrrole nitrogens is 1. The number of fused-ring (bicyclic) bond motifs is 1. The molecule has 30 heavy (non-hydrogen) atoms. The summed E-state index contributed by atoms with van der Waals surface area (Å²) in [5.74, 6) is -0.639. The van der Waals surface area contributed by atoms with Crippen molar-refractivity contribution >= 4 is 40.2 Å². The first-order chi connectivity index (χ1) is 14.3. The van der Waals surface area contributed by atoms with Crippen LogP contribution in [0.25, 0.3) is 16.7 Å². The first kappa shape index (κ1) is 20.0. The van der Waals surface area contributed by atoms with Crippen molar-refractivity contribution in [3.63, 3.8) is 0 Å². The van der Waals surface area contributed by atoms with Crippen LogP contribution in [0.3, 0.4) is 0 Å². The number of carbonyl (C=O) groups is 1. The number of nitrogens with zero attached hydrogens (tertiary/aromatic N) is 3. The number of halogens is 4. The summed E-state index contributed by atoms with van der Waals surface area (Å²) < 4.78 is 45.7. The molecule has 1 amide bonds. The molecule has 1 aliphatic carbocycles. The van der Waals surface area contributed by atoms with Gasteiger partial charge in [-0.25, -0.2) is 9.67 Å². The highest BCUT2D eigenvalue weighted by Crippen LogP contribution is 2.34. The van der Waals surface area contributed by atoms with E-state index in [-0.39, 0.29) is 11.8 Å². The van der Waals surface area contributed by atoms with Gasteiger partial charge < -0.3 is 9.72 Å². The van der Waals surface area contributed by atoms with Crippen molar-refractivity contribution in [1.29, 1.82) is 0 Å². The van der Waals surface area contributed by atoms with Gasteiger partial charge in [0.15, 0.2) is 12.3 Å². The number of nitrogens with one attached hydrogen (secondary N) is 2.